The van der Waals surface area contributed by atoms with E-state index in [1.165, 1.54) is 22.4 Å². The Kier molecular flexibility index (Phi) is 4.59. The zero-order valence-electron chi connectivity index (χ0n) is 15.8. The molecule has 3 aromatic rings. The summed E-state index contributed by atoms with van der Waals surface area (Å²) in [6.45, 7) is 7.29. The van der Waals surface area contributed by atoms with Crippen molar-refractivity contribution in [1.82, 2.24) is 9.97 Å². The van der Waals surface area contributed by atoms with Gasteiger partial charge in [-0.2, -0.15) is 0 Å². The summed E-state index contributed by atoms with van der Waals surface area (Å²) in [5.41, 5.74) is 8.09. The molecule has 1 aliphatic carbocycles. The molecule has 1 aromatic carbocycles. The van der Waals surface area contributed by atoms with Crippen LogP contribution in [0.15, 0.2) is 90.8 Å². The molecule has 3 nitrogen and oxygen atoms in total. The van der Waals surface area contributed by atoms with E-state index in [4.69, 9.17) is 0 Å². The SMILES string of the molecule is C=C1C(c2ccccn2)=C(CN(C)c2ccc(C)cc2)C1c1ccccn1. The first-order valence-corrected chi connectivity index (χ1v) is 9.17. The molecule has 2 heterocycles. The first-order valence-electron chi connectivity index (χ1n) is 9.17. The molecule has 3 heteroatoms. The van der Waals surface area contributed by atoms with Crippen LogP contribution in [0.25, 0.3) is 5.57 Å². The Morgan fingerprint density at radius 3 is 2.26 bits per heavy atom. The third-order valence-corrected chi connectivity index (χ3v) is 5.13. The summed E-state index contributed by atoms with van der Waals surface area (Å²) < 4.78 is 0. The van der Waals surface area contributed by atoms with Crippen LogP contribution >= 0.6 is 0 Å². The van der Waals surface area contributed by atoms with Crippen LogP contribution in [0.4, 0.5) is 5.69 Å². The van der Waals surface area contributed by atoms with Gasteiger partial charge < -0.3 is 4.90 Å². The van der Waals surface area contributed by atoms with E-state index in [9.17, 15) is 0 Å². The number of benzene rings is 1. The maximum Gasteiger partial charge on any atom is 0.0705 e. The predicted octanol–water partition coefficient (Wildman–Crippen LogP) is 5.03. The molecule has 1 atom stereocenters. The molecule has 0 spiro atoms. The predicted molar refractivity (Wildman–Crippen MR) is 112 cm³/mol. The lowest BCUT2D eigenvalue weighted by atomic mass is 9.70. The van der Waals surface area contributed by atoms with Crippen molar-refractivity contribution in [2.24, 2.45) is 0 Å². The second-order valence-electron chi connectivity index (χ2n) is 7.02. The van der Waals surface area contributed by atoms with Crippen molar-refractivity contribution in [2.75, 3.05) is 18.5 Å². The quantitative estimate of drug-likeness (QED) is 0.644. The monoisotopic (exact) mass is 353 g/mol. The molecule has 0 aliphatic heterocycles. The fraction of sp³-hybridized carbons (Fsp3) is 0.167. The molecule has 0 saturated carbocycles. The van der Waals surface area contributed by atoms with Gasteiger partial charge in [-0.05, 0) is 54.5 Å². The van der Waals surface area contributed by atoms with E-state index in [1.54, 1.807) is 0 Å². The molecular formula is C24H23N3. The first kappa shape index (κ1) is 17.2. The van der Waals surface area contributed by atoms with Gasteiger partial charge >= 0.3 is 0 Å². The van der Waals surface area contributed by atoms with Crippen LogP contribution in [0, 0.1) is 6.92 Å². The van der Waals surface area contributed by atoms with Crippen LogP contribution in [0.1, 0.15) is 22.9 Å². The highest BCUT2D eigenvalue weighted by Gasteiger charge is 2.37. The van der Waals surface area contributed by atoms with Gasteiger partial charge in [0.05, 0.1) is 11.4 Å². The number of nitrogens with zero attached hydrogens (tertiary/aromatic N) is 3. The summed E-state index contributed by atoms with van der Waals surface area (Å²) in [5.74, 6) is 0.149. The van der Waals surface area contributed by atoms with Gasteiger partial charge in [0.25, 0.3) is 0 Å². The van der Waals surface area contributed by atoms with Gasteiger partial charge in [0.15, 0.2) is 0 Å². The highest BCUT2D eigenvalue weighted by Crippen LogP contribution is 2.50. The van der Waals surface area contributed by atoms with Crippen molar-refractivity contribution in [3.05, 3.63) is 108 Å². The van der Waals surface area contributed by atoms with E-state index >= 15 is 0 Å². The molecule has 1 aliphatic rings. The fourth-order valence-corrected chi connectivity index (χ4v) is 3.69. The van der Waals surface area contributed by atoms with Crippen molar-refractivity contribution >= 4 is 11.3 Å². The van der Waals surface area contributed by atoms with Gasteiger partial charge in [0.2, 0.25) is 0 Å². The number of aromatic nitrogens is 2. The molecule has 0 amide bonds. The average molecular weight is 353 g/mol. The third kappa shape index (κ3) is 3.28. The zero-order valence-corrected chi connectivity index (χ0v) is 15.8. The highest BCUT2D eigenvalue weighted by molar-refractivity contribution is 5.91. The van der Waals surface area contributed by atoms with Crippen molar-refractivity contribution in [1.29, 1.82) is 0 Å². The fourth-order valence-electron chi connectivity index (χ4n) is 3.69. The molecule has 0 fully saturated rings. The Morgan fingerprint density at radius 1 is 0.926 bits per heavy atom. The average Bonchev–Trinajstić information content (AvgIpc) is 2.70. The molecule has 2 aromatic heterocycles. The van der Waals surface area contributed by atoms with Gasteiger partial charge in [0, 0.05) is 43.2 Å². The van der Waals surface area contributed by atoms with Gasteiger partial charge in [0.1, 0.15) is 0 Å². The summed E-state index contributed by atoms with van der Waals surface area (Å²) in [7, 11) is 2.13. The van der Waals surface area contributed by atoms with E-state index in [2.05, 4.69) is 71.8 Å². The second-order valence-corrected chi connectivity index (χ2v) is 7.02. The van der Waals surface area contributed by atoms with Crippen molar-refractivity contribution in [3.63, 3.8) is 0 Å². The Balaban J connectivity index is 1.72. The van der Waals surface area contributed by atoms with Crippen molar-refractivity contribution in [3.8, 4) is 0 Å². The number of likely N-dealkylation sites (N-methyl/N-ethyl adjacent to an activating group) is 1. The van der Waals surface area contributed by atoms with Crippen LogP contribution in [-0.4, -0.2) is 23.6 Å². The molecule has 0 N–H and O–H groups in total. The molecule has 134 valence electrons. The van der Waals surface area contributed by atoms with Crippen LogP contribution in [-0.2, 0) is 0 Å². The Labute approximate surface area is 160 Å². The lowest BCUT2D eigenvalue weighted by molar-refractivity contribution is 0.798. The molecule has 0 saturated heterocycles. The summed E-state index contributed by atoms with van der Waals surface area (Å²) >= 11 is 0. The topological polar surface area (TPSA) is 29.0 Å². The minimum absolute atomic E-state index is 0.149. The number of anilines is 1. The molecule has 0 radical (unpaired) electrons. The second kappa shape index (κ2) is 7.20. The van der Waals surface area contributed by atoms with Crippen LogP contribution < -0.4 is 4.90 Å². The normalized spacial score (nSPS) is 16.2. The minimum atomic E-state index is 0.149. The summed E-state index contributed by atoms with van der Waals surface area (Å²) in [6, 6.07) is 20.7. The molecule has 4 rings (SSSR count). The maximum atomic E-state index is 4.59. The van der Waals surface area contributed by atoms with E-state index < -0.39 is 0 Å². The number of aryl methyl sites for hydroxylation is 1. The van der Waals surface area contributed by atoms with E-state index in [-0.39, 0.29) is 5.92 Å². The molecule has 27 heavy (non-hydrogen) atoms. The lowest BCUT2D eigenvalue weighted by Crippen LogP contribution is -2.30. The van der Waals surface area contributed by atoms with Crippen LogP contribution in [0.5, 0.6) is 0 Å². The highest BCUT2D eigenvalue weighted by atomic mass is 15.1. The first-order chi connectivity index (χ1) is 13.1. The minimum Gasteiger partial charge on any atom is -0.371 e. The Bertz CT molecular complexity index is 973. The number of pyridine rings is 2. The van der Waals surface area contributed by atoms with Crippen LogP contribution in [0.2, 0.25) is 0 Å². The van der Waals surface area contributed by atoms with E-state index in [1.807, 2.05) is 36.7 Å². The molecule has 1 unspecified atom stereocenters. The van der Waals surface area contributed by atoms with Gasteiger partial charge in [-0.25, -0.2) is 0 Å². The summed E-state index contributed by atoms with van der Waals surface area (Å²) in [4.78, 5) is 11.4. The van der Waals surface area contributed by atoms with E-state index in [0.29, 0.717) is 0 Å². The Morgan fingerprint density at radius 2 is 1.63 bits per heavy atom. The van der Waals surface area contributed by atoms with Crippen molar-refractivity contribution < 1.29 is 0 Å². The largest absolute Gasteiger partial charge is 0.371 e. The molecular weight excluding hydrogens is 330 g/mol. The summed E-state index contributed by atoms with van der Waals surface area (Å²) in [6.07, 6.45) is 3.69. The summed E-state index contributed by atoms with van der Waals surface area (Å²) in [5, 5.41) is 0. The van der Waals surface area contributed by atoms with Gasteiger partial charge in [-0.1, -0.05) is 36.4 Å². The number of rotatable bonds is 5. The number of hydrogen-bond donors (Lipinski definition) is 0. The Hall–Kier alpha value is -3.20. The number of hydrogen-bond acceptors (Lipinski definition) is 3. The molecule has 0 bridgehead atoms. The van der Waals surface area contributed by atoms with E-state index in [0.717, 1.165) is 23.5 Å². The zero-order chi connectivity index (χ0) is 18.8. The third-order valence-electron chi connectivity index (χ3n) is 5.13. The maximum absolute atomic E-state index is 4.59. The van der Waals surface area contributed by atoms with Crippen molar-refractivity contribution in [2.45, 2.75) is 12.8 Å². The lowest BCUT2D eigenvalue weighted by Gasteiger charge is -2.38. The van der Waals surface area contributed by atoms with Gasteiger partial charge in [-0.3, -0.25) is 9.97 Å². The van der Waals surface area contributed by atoms with Gasteiger partial charge in [-0.15, -0.1) is 0 Å². The van der Waals surface area contributed by atoms with Crippen LogP contribution in [0.3, 0.4) is 0 Å². The number of allylic oxidation sites excluding steroid dienone is 2. The smallest absolute Gasteiger partial charge is 0.0705 e. The standard InChI is InChI=1S/C24H23N3/c1-17-10-12-19(13-11-17)27(3)16-20-23(21-8-4-6-14-25-21)18(2)24(20)22-9-5-7-15-26-22/h4-15,23H,2,16H2,1,3H3.